The smallest absolute Gasteiger partial charge is 0.0466 e. The van der Waals surface area contributed by atoms with E-state index in [0.29, 0.717) is 0 Å². The Bertz CT molecular complexity index is 193. The van der Waals surface area contributed by atoms with Crippen LogP contribution in [0.5, 0.6) is 0 Å². The molecule has 2 heteroatoms. The molecule has 4 rings (SSSR count). The van der Waals surface area contributed by atoms with Crippen molar-refractivity contribution < 1.29 is 35.9 Å². The van der Waals surface area contributed by atoms with Gasteiger partial charge in [0.05, 0.1) is 0 Å². The third-order valence-electron chi connectivity index (χ3n) is 3.32. The molecule has 0 aromatic heterocycles. The van der Waals surface area contributed by atoms with Crippen LogP contribution in [-0.2, 0) is 4.74 Å². The maximum atomic E-state index is 4.94. The van der Waals surface area contributed by atoms with Crippen LogP contribution in [0.1, 0.15) is 33.6 Å². The number of hydrogen-bond donors (Lipinski definition) is 0. The quantitative estimate of drug-likeness (QED) is 0.414. The third-order valence-corrected chi connectivity index (χ3v) is 3.32. The molecular formula is C22H29OU. The van der Waals surface area contributed by atoms with E-state index in [4.69, 9.17) is 4.74 Å². The molecule has 24 heavy (non-hydrogen) atoms. The molecule has 0 bridgehead atoms. The predicted octanol–water partition coefficient (Wildman–Crippen LogP) is 5.03. The van der Waals surface area contributed by atoms with E-state index in [1.54, 1.807) is 0 Å². The molecule has 0 N–H and O–H groups in total. The summed E-state index contributed by atoms with van der Waals surface area (Å²) in [5.74, 6) is 4.03. The fourth-order valence-corrected chi connectivity index (χ4v) is 1.92. The predicted molar refractivity (Wildman–Crippen MR) is 98.4 cm³/mol. The maximum absolute atomic E-state index is 4.94. The Labute approximate surface area is 176 Å². The van der Waals surface area contributed by atoms with Gasteiger partial charge in [-0.1, -0.05) is 20.8 Å². The molecule has 127 valence electrons. The molecule has 0 unspecified atom stereocenters. The summed E-state index contributed by atoms with van der Waals surface area (Å²) in [5.41, 5.74) is 0. The van der Waals surface area contributed by atoms with E-state index in [2.05, 4.69) is 59.3 Å². The first-order valence-electron chi connectivity index (χ1n) is 8.31. The molecule has 0 spiro atoms. The normalized spacial score (nSPS) is 24.1. The molecule has 0 aromatic carbocycles. The first-order chi connectivity index (χ1) is 11.2. The topological polar surface area (TPSA) is 9.23 Å². The Morgan fingerprint density at radius 2 is 0.792 bits per heavy atom. The fraction of sp³-hybridized carbons (Fsp3) is 0.318. The van der Waals surface area contributed by atoms with Crippen LogP contribution in [0, 0.1) is 126 Å². The van der Waals surface area contributed by atoms with Crippen molar-refractivity contribution in [3.8, 4) is 0 Å². The van der Waals surface area contributed by atoms with Crippen molar-refractivity contribution in [2.24, 2.45) is 0 Å². The first kappa shape index (κ1) is 25.0. The van der Waals surface area contributed by atoms with E-state index in [1.165, 1.54) is 30.6 Å². The summed E-state index contributed by atoms with van der Waals surface area (Å²) in [6.45, 7) is 8.25. The second-order valence-electron chi connectivity index (χ2n) is 5.71. The average Bonchev–Trinajstić information content (AvgIpc) is 3.31. The van der Waals surface area contributed by atoms with E-state index in [0.717, 1.165) is 13.2 Å². The molecule has 1 aliphatic heterocycles. The van der Waals surface area contributed by atoms with Crippen molar-refractivity contribution in [1.29, 1.82) is 0 Å². The molecule has 0 atom stereocenters. The van der Waals surface area contributed by atoms with Gasteiger partial charge in [-0.15, -0.1) is 0 Å². The molecule has 4 aliphatic rings. The second-order valence-corrected chi connectivity index (χ2v) is 5.71. The maximum Gasteiger partial charge on any atom is 0.0466 e. The fourth-order valence-electron chi connectivity index (χ4n) is 1.92. The van der Waals surface area contributed by atoms with E-state index in [1.807, 2.05) is 38.5 Å². The molecular weight excluding hydrogens is 518 g/mol. The Balaban J connectivity index is 0.000000291. The van der Waals surface area contributed by atoms with Crippen molar-refractivity contribution in [2.75, 3.05) is 13.2 Å². The molecule has 15 radical (unpaired) electrons. The average molecular weight is 548 g/mol. The first-order valence-corrected chi connectivity index (χ1v) is 8.31. The van der Waals surface area contributed by atoms with E-state index in [9.17, 15) is 0 Å². The molecule has 1 saturated heterocycles. The number of hydrogen-bond acceptors (Lipinski definition) is 1. The Hall–Kier alpha value is 1.01. The zero-order valence-corrected chi connectivity index (χ0v) is 19.3. The van der Waals surface area contributed by atoms with Crippen LogP contribution in [-0.4, -0.2) is 13.2 Å². The minimum atomic E-state index is 0. The van der Waals surface area contributed by atoms with Gasteiger partial charge in [-0.3, -0.25) is 0 Å². The van der Waals surface area contributed by atoms with E-state index < -0.39 is 0 Å². The summed E-state index contributed by atoms with van der Waals surface area (Å²) in [7, 11) is 0. The van der Waals surface area contributed by atoms with Crippen LogP contribution >= 0.6 is 0 Å². The standard InChI is InChI=1S/3C6H7.C4H8O.U/c3*1-6-4-2-3-5-6;1-2-4-5-3-1;/h3*2-5H,1H3;1-4H2;. The van der Waals surface area contributed by atoms with Gasteiger partial charge in [-0.05, 0) is 108 Å². The van der Waals surface area contributed by atoms with Gasteiger partial charge in [0.25, 0.3) is 0 Å². The zero-order valence-electron chi connectivity index (χ0n) is 15.2. The van der Waals surface area contributed by atoms with Crippen molar-refractivity contribution in [2.45, 2.75) is 33.6 Å². The van der Waals surface area contributed by atoms with Gasteiger partial charge in [0.1, 0.15) is 0 Å². The SMILES string of the molecule is C1CCOC1.C[C]1[CH][CH][CH][CH]1.C[C]1[CH][CH][CH][CH]1.C[C]1[CH][CH][CH][CH]1.[U]. The van der Waals surface area contributed by atoms with Gasteiger partial charge >= 0.3 is 0 Å². The van der Waals surface area contributed by atoms with Crippen LogP contribution in [0.4, 0.5) is 0 Å². The Kier molecular flexibility index (Phi) is 18.2. The molecule has 0 aromatic rings. The van der Waals surface area contributed by atoms with Crippen LogP contribution in [0.15, 0.2) is 0 Å². The van der Waals surface area contributed by atoms with Crippen molar-refractivity contribution in [3.05, 3.63) is 94.8 Å². The Morgan fingerprint density at radius 1 is 0.542 bits per heavy atom. The molecule has 1 nitrogen and oxygen atoms in total. The van der Waals surface area contributed by atoms with E-state index >= 15 is 0 Å². The van der Waals surface area contributed by atoms with Gasteiger partial charge in [-0.25, -0.2) is 0 Å². The molecule has 1 heterocycles. The summed E-state index contributed by atoms with van der Waals surface area (Å²) in [5, 5.41) is 0. The van der Waals surface area contributed by atoms with Crippen LogP contribution < -0.4 is 0 Å². The summed E-state index contributed by atoms with van der Waals surface area (Å²) >= 11 is 0. The van der Waals surface area contributed by atoms with Crippen LogP contribution in [0.2, 0.25) is 0 Å². The molecule has 3 saturated carbocycles. The van der Waals surface area contributed by atoms with Crippen LogP contribution in [0.3, 0.4) is 0 Å². The second kappa shape index (κ2) is 17.4. The molecule has 0 amide bonds. The van der Waals surface area contributed by atoms with Crippen molar-refractivity contribution in [1.82, 2.24) is 0 Å². The third kappa shape index (κ3) is 15.3. The minimum absolute atomic E-state index is 0. The van der Waals surface area contributed by atoms with Crippen molar-refractivity contribution >= 4 is 0 Å². The number of ether oxygens (including phenoxy) is 1. The van der Waals surface area contributed by atoms with Crippen molar-refractivity contribution in [3.63, 3.8) is 0 Å². The summed E-state index contributed by atoms with van der Waals surface area (Å²) in [6.07, 6.45) is 27.3. The largest absolute Gasteiger partial charge is 0.381 e. The summed E-state index contributed by atoms with van der Waals surface area (Å²) in [6, 6.07) is 0. The van der Waals surface area contributed by atoms with Gasteiger partial charge in [0.15, 0.2) is 0 Å². The van der Waals surface area contributed by atoms with Gasteiger partial charge in [0, 0.05) is 44.3 Å². The van der Waals surface area contributed by atoms with E-state index in [-0.39, 0.29) is 31.1 Å². The summed E-state index contributed by atoms with van der Waals surface area (Å²) in [4.78, 5) is 0. The summed E-state index contributed by atoms with van der Waals surface area (Å²) < 4.78 is 4.94. The zero-order chi connectivity index (χ0) is 16.8. The van der Waals surface area contributed by atoms with Crippen LogP contribution in [0.25, 0.3) is 0 Å². The van der Waals surface area contributed by atoms with Gasteiger partial charge < -0.3 is 4.74 Å². The number of rotatable bonds is 0. The monoisotopic (exact) mass is 547 g/mol. The molecule has 3 aliphatic carbocycles. The Morgan fingerprint density at radius 3 is 0.875 bits per heavy atom. The van der Waals surface area contributed by atoms with Gasteiger partial charge in [-0.2, -0.15) is 0 Å². The van der Waals surface area contributed by atoms with Gasteiger partial charge in [0.2, 0.25) is 0 Å². The molecule has 4 fully saturated rings. The minimum Gasteiger partial charge on any atom is -0.381 e.